The second-order valence-electron chi connectivity index (χ2n) is 3.02. The summed E-state index contributed by atoms with van der Waals surface area (Å²) >= 11 is 0. The minimum atomic E-state index is -0.505. The molecule has 0 aliphatic carbocycles. The number of hydrogen-bond acceptors (Lipinski definition) is 4. The molecular weight excluding hydrogens is 182 g/mol. The minimum Gasteiger partial charge on any atom is -0.386 e. The lowest BCUT2D eigenvalue weighted by molar-refractivity contribution is 0.0158. The quantitative estimate of drug-likeness (QED) is 0.440. The van der Waals surface area contributed by atoms with Crippen molar-refractivity contribution in [3.63, 3.8) is 0 Å². The molecular formula is C10H21NO3. The van der Waals surface area contributed by atoms with Gasteiger partial charge in [0.25, 0.3) is 0 Å². The van der Waals surface area contributed by atoms with Crippen molar-refractivity contribution < 1.29 is 14.6 Å². The first-order chi connectivity index (χ1) is 6.72. The van der Waals surface area contributed by atoms with Crippen LogP contribution in [0.4, 0.5) is 0 Å². The van der Waals surface area contributed by atoms with Gasteiger partial charge in [-0.05, 0) is 19.4 Å². The van der Waals surface area contributed by atoms with E-state index in [0.717, 1.165) is 5.57 Å². The minimum absolute atomic E-state index is 0.322. The van der Waals surface area contributed by atoms with E-state index >= 15 is 0 Å². The van der Waals surface area contributed by atoms with Crippen molar-refractivity contribution in [2.45, 2.75) is 20.0 Å². The van der Waals surface area contributed by atoms with Crippen LogP contribution >= 0.6 is 0 Å². The summed E-state index contributed by atoms with van der Waals surface area (Å²) in [5.41, 5.74) is 6.16. The van der Waals surface area contributed by atoms with Crippen LogP contribution in [-0.2, 0) is 9.47 Å². The molecule has 0 heterocycles. The van der Waals surface area contributed by atoms with Crippen molar-refractivity contribution in [3.8, 4) is 0 Å². The van der Waals surface area contributed by atoms with E-state index in [9.17, 15) is 5.11 Å². The zero-order valence-corrected chi connectivity index (χ0v) is 9.03. The van der Waals surface area contributed by atoms with E-state index in [1.54, 1.807) is 0 Å². The third-order valence-electron chi connectivity index (χ3n) is 1.89. The van der Waals surface area contributed by atoms with Crippen LogP contribution in [0.2, 0.25) is 0 Å². The summed E-state index contributed by atoms with van der Waals surface area (Å²) < 4.78 is 10.3. The zero-order chi connectivity index (χ0) is 10.8. The molecule has 0 aliphatic rings. The molecule has 0 radical (unpaired) electrons. The van der Waals surface area contributed by atoms with E-state index < -0.39 is 6.10 Å². The topological polar surface area (TPSA) is 64.7 Å². The van der Waals surface area contributed by atoms with Crippen molar-refractivity contribution in [2.24, 2.45) is 5.73 Å². The van der Waals surface area contributed by atoms with E-state index in [1.165, 1.54) is 0 Å². The van der Waals surface area contributed by atoms with Crippen LogP contribution in [0.1, 0.15) is 13.8 Å². The molecule has 0 aromatic heterocycles. The summed E-state index contributed by atoms with van der Waals surface area (Å²) in [6.07, 6.45) is 1.37. The van der Waals surface area contributed by atoms with Gasteiger partial charge in [-0.3, -0.25) is 0 Å². The Bertz CT molecular complexity index is 159. The molecule has 0 aromatic rings. The first kappa shape index (κ1) is 13.6. The highest BCUT2D eigenvalue weighted by Crippen LogP contribution is 2.00. The highest BCUT2D eigenvalue weighted by molar-refractivity contribution is 5.02. The van der Waals surface area contributed by atoms with Crippen molar-refractivity contribution in [1.29, 1.82) is 0 Å². The molecule has 1 atom stereocenters. The van der Waals surface area contributed by atoms with Crippen LogP contribution in [0.3, 0.4) is 0 Å². The fourth-order valence-electron chi connectivity index (χ4n) is 0.822. The van der Waals surface area contributed by atoms with Crippen LogP contribution < -0.4 is 5.73 Å². The highest BCUT2D eigenvalue weighted by atomic mass is 16.5. The van der Waals surface area contributed by atoms with Gasteiger partial charge >= 0.3 is 0 Å². The van der Waals surface area contributed by atoms with Gasteiger partial charge in [-0.1, -0.05) is 6.08 Å². The van der Waals surface area contributed by atoms with Crippen LogP contribution in [0.5, 0.6) is 0 Å². The van der Waals surface area contributed by atoms with Gasteiger partial charge in [0.15, 0.2) is 0 Å². The van der Waals surface area contributed by atoms with Crippen molar-refractivity contribution in [2.75, 3.05) is 33.0 Å². The van der Waals surface area contributed by atoms with E-state index in [-0.39, 0.29) is 0 Å². The smallest absolute Gasteiger partial charge is 0.0980 e. The van der Waals surface area contributed by atoms with Crippen LogP contribution in [0.15, 0.2) is 11.6 Å². The molecule has 0 aliphatic heterocycles. The maximum atomic E-state index is 9.47. The van der Waals surface area contributed by atoms with Gasteiger partial charge in [0, 0.05) is 6.54 Å². The first-order valence-corrected chi connectivity index (χ1v) is 4.88. The second-order valence-corrected chi connectivity index (χ2v) is 3.02. The number of rotatable bonds is 8. The van der Waals surface area contributed by atoms with E-state index in [0.29, 0.717) is 33.0 Å². The lowest BCUT2D eigenvalue weighted by Crippen LogP contribution is -2.19. The number of hydrogen-bond donors (Lipinski definition) is 2. The number of aliphatic hydroxyl groups is 1. The fourth-order valence-corrected chi connectivity index (χ4v) is 0.822. The largest absolute Gasteiger partial charge is 0.386 e. The summed E-state index contributed by atoms with van der Waals surface area (Å²) in [5.74, 6) is 0. The van der Waals surface area contributed by atoms with Gasteiger partial charge in [0.1, 0.15) is 0 Å². The van der Waals surface area contributed by atoms with Crippen molar-refractivity contribution in [1.82, 2.24) is 0 Å². The Balaban J connectivity index is 3.27. The summed E-state index contributed by atoms with van der Waals surface area (Å²) in [5, 5.41) is 9.47. The summed E-state index contributed by atoms with van der Waals surface area (Å²) in [7, 11) is 0. The van der Waals surface area contributed by atoms with Gasteiger partial charge in [-0.2, -0.15) is 0 Å². The number of ether oxygens (including phenoxy) is 2. The Kier molecular flexibility index (Phi) is 8.87. The SMILES string of the molecule is CC=C(C)C(O)COCCOCCN. The lowest BCUT2D eigenvalue weighted by Gasteiger charge is -2.11. The van der Waals surface area contributed by atoms with Crippen LogP contribution in [-0.4, -0.2) is 44.2 Å². The molecule has 4 heteroatoms. The molecule has 0 fully saturated rings. The Morgan fingerprint density at radius 1 is 1.36 bits per heavy atom. The van der Waals surface area contributed by atoms with Crippen molar-refractivity contribution >= 4 is 0 Å². The summed E-state index contributed by atoms with van der Waals surface area (Å²) in [6, 6.07) is 0. The number of nitrogens with two attached hydrogens (primary N) is 1. The molecule has 0 rings (SSSR count). The summed E-state index contributed by atoms with van der Waals surface area (Å²) in [6.45, 7) is 6.19. The molecule has 3 N–H and O–H groups in total. The molecule has 0 saturated heterocycles. The zero-order valence-electron chi connectivity index (χ0n) is 9.03. The van der Waals surface area contributed by atoms with Gasteiger partial charge in [0.2, 0.25) is 0 Å². The number of allylic oxidation sites excluding steroid dienone is 1. The molecule has 1 unspecified atom stereocenters. The molecule has 0 spiro atoms. The fraction of sp³-hybridized carbons (Fsp3) is 0.800. The molecule has 0 bridgehead atoms. The Labute approximate surface area is 85.7 Å². The Hall–Kier alpha value is -0.420. The molecule has 0 aromatic carbocycles. The predicted molar refractivity (Wildman–Crippen MR) is 56.1 cm³/mol. The predicted octanol–water partition coefficient (Wildman–Crippen LogP) is 0.305. The van der Waals surface area contributed by atoms with E-state index in [1.807, 2.05) is 19.9 Å². The molecule has 0 saturated carbocycles. The highest BCUT2D eigenvalue weighted by Gasteiger charge is 2.04. The second kappa shape index (κ2) is 9.15. The Morgan fingerprint density at radius 3 is 2.57 bits per heavy atom. The van der Waals surface area contributed by atoms with Gasteiger partial charge < -0.3 is 20.3 Å². The van der Waals surface area contributed by atoms with E-state index in [2.05, 4.69) is 0 Å². The third-order valence-corrected chi connectivity index (χ3v) is 1.89. The summed E-state index contributed by atoms with van der Waals surface area (Å²) in [4.78, 5) is 0. The number of aliphatic hydroxyl groups excluding tert-OH is 1. The maximum absolute atomic E-state index is 9.47. The van der Waals surface area contributed by atoms with E-state index in [4.69, 9.17) is 15.2 Å². The van der Waals surface area contributed by atoms with Crippen molar-refractivity contribution in [3.05, 3.63) is 11.6 Å². The molecule has 14 heavy (non-hydrogen) atoms. The average Bonchev–Trinajstić information content (AvgIpc) is 2.21. The maximum Gasteiger partial charge on any atom is 0.0980 e. The normalized spacial score (nSPS) is 14.4. The third kappa shape index (κ3) is 7.03. The van der Waals surface area contributed by atoms with Crippen LogP contribution in [0.25, 0.3) is 0 Å². The Morgan fingerprint density at radius 2 is 2.00 bits per heavy atom. The average molecular weight is 203 g/mol. The molecule has 4 nitrogen and oxygen atoms in total. The monoisotopic (exact) mass is 203 g/mol. The standard InChI is InChI=1S/C10H21NO3/c1-3-9(2)10(12)8-14-7-6-13-5-4-11/h3,10,12H,4-8,11H2,1-2H3. The van der Waals surface area contributed by atoms with Gasteiger partial charge in [0.05, 0.1) is 32.5 Å². The first-order valence-electron chi connectivity index (χ1n) is 4.88. The molecule has 0 amide bonds. The lowest BCUT2D eigenvalue weighted by atomic mass is 10.2. The van der Waals surface area contributed by atoms with Gasteiger partial charge in [-0.25, -0.2) is 0 Å². The molecule has 84 valence electrons. The van der Waals surface area contributed by atoms with Crippen LogP contribution in [0, 0.1) is 0 Å². The van der Waals surface area contributed by atoms with Gasteiger partial charge in [-0.15, -0.1) is 0 Å².